The van der Waals surface area contributed by atoms with Crippen molar-refractivity contribution in [2.24, 2.45) is 0 Å². The molecule has 1 heterocycles. The minimum absolute atomic E-state index is 0.0294. The highest BCUT2D eigenvalue weighted by Crippen LogP contribution is 2.21. The van der Waals surface area contributed by atoms with Crippen molar-refractivity contribution in [1.29, 1.82) is 0 Å². The van der Waals surface area contributed by atoms with Crippen molar-refractivity contribution in [3.8, 4) is 0 Å². The number of aryl methyl sites for hydroxylation is 2. The van der Waals surface area contributed by atoms with E-state index in [4.69, 9.17) is 0 Å². The summed E-state index contributed by atoms with van der Waals surface area (Å²) in [5, 5.41) is 15.1. The van der Waals surface area contributed by atoms with Crippen molar-refractivity contribution >= 4 is 29.3 Å². The molecule has 0 radical (unpaired) electrons. The van der Waals surface area contributed by atoms with Crippen molar-refractivity contribution in [2.45, 2.75) is 70.6 Å². The van der Waals surface area contributed by atoms with Crippen LogP contribution in [-0.4, -0.2) is 38.4 Å². The maximum absolute atomic E-state index is 12.5. The fourth-order valence-electron chi connectivity index (χ4n) is 3.55. The van der Waals surface area contributed by atoms with E-state index in [2.05, 4.69) is 20.8 Å². The normalized spacial score (nSPS) is 14.2. The van der Waals surface area contributed by atoms with Crippen LogP contribution in [0.2, 0.25) is 0 Å². The van der Waals surface area contributed by atoms with Crippen molar-refractivity contribution in [2.75, 3.05) is 11.1 Å². The number of anilines is 1. The average Bonchev–Trinajstić information content (AvgIpc) is 3.32. The highest BCUT2D eigenvalue weighted by molar-refractivity contribution is 7.99. The lowest BCUT2D eigenvalue weighted by atomic mass is 10.1. The molecule has 156 valence electrons. The second-order valence-electron chi connectivity index (χ2n) is 7.52. The zero-order valence-electron chi connectivity index (χ0n) is 17.3. The molecule has 2 aromatic rings. The van der Waals surface area contributed by atoms with Crippen LogP contribution in [0.25, 0.3) is 0 Å². The fraction of sp³-hybridized carbons (Fsp3) is 0.524. The van der Waals surface area contributed by atoms with Gasteiger partial charge in [-0.15, -0.1) is 10.2 Å². The molecule has 3 rings (SSSR count). The first kappa shape index (κ1) is 21.4. The van der Waals surface area contributed by atoms with Gasteiger partial charge in [-0.25, -0.2) is 0 Å². The molecule has 0 unspecified atom stereocenters. The van der Waals surface area contributed by atoms with E-state index in [0.717, 1.165) is 29.7 Å². The van der Waals surface area contributed by atoms with E-state index in [9.17, 15) is 9.59 Å². The summed E-state index contributed by atoms with van der Waals surface area (Å²) in [6, 6.07) is 6.29. The van der Waals surface area contributed by atoms with Gasteiger partial charge in [-0.3, -0.25) is 9.59 Å². The number of carbonyl (C=O) groups is 2. The molecular formula is C21H29N5O2S. The third-order valence-corrected chi connectivity index (χ3v) is 6.11. The molecule has 0 saturated heterocycles. The lowest BCUT2D eigenvalue weighted by Gasteiger charge is -2.12. The third kappa shape index (κ3) is 5.82. The molecule has 1 saturated carbocycles. The Balaban J connectivity index is 1.57. The van der Waals surface area contributed by atoms with E-state index in [1.54, 1.807) is 0 Å². The SMILES string of the molecule is CCn1c(CC(=O)Nc2cc(C)ccc2C)nnc1SCC(=O)NC1CCCC1. The van der Waals surface area contributed by atoms with Gasteiger partial charge in [0.25, 0.3) is 0 Å². The Morgan fingerprint density at radius 3 is 2.66 bits per heavy atom. The summed E-state index contributed by atoms with van der Waals surface area (Å²) in [6.45, 7) is 6.59. The highest BCUT2D eigenvalue weighted by Gasteiger charge is 2.19. The summed E-state index contributed by atoms with van der Waals surface area (Å²) in [4.78, 5) is 24.7. The zero-order valence-corrected chi connectivity index (χ0v) is 18.1. The minimum Gasteiger partial charge on any atom is -0.353 e. The summed E-state index contributed by atoms with van der Waals surface area (Å²) >= 11 is 1.37. The number of rotatable bonds is 8. The standard InChI is InChI=1S/C21H29N5O2S/c1-4-26-18(12-19(27)23-17-11-14(2)9-10-15(17)3)24-25-21(26)29-13-20(28)22-16-7-5-6-8-16/h9-11,16H,4-8,12-13H2,1-3H3,(H,22,28)(H,23,27). The van der Waals surface area contributed by atoms with Gasteiger partial charge in [0.05, 0.1) is 12.2 Å². The largest absolute Gasteiger partial charge is 0.353 e. The minimum atomic E-state index is -0.128. The smallest absolute Gasteiger partial charge is 0.232 e. The van der Waals surface area contributed by atoms with Crippen LogP contribution in [0.4, 0.5) is 5.69 Å². The van der Waals surface area contributed by atoms with Gasteiger partial charge in [0.2, 0.25) is 11.8 Å². The number of thioether (sulfide) groups is 1. The first-order chi connectivity index (χ1) is 14.0. The van der Waals surface area contributed by atoms with Crippen molar-refractivity contribution in [3.05, 3.63) is 35.2 Å². The van der Waals surface area contributed by atoms with Crippen LogP contribution in [0.5, 0.6) is 0 Å². The molecule has 7 nitrogen and oxygen atoms in total. The fourth-order valence-corrected chi connectivity index (χ4v) is 4.38. The highest BCUT2D eigenvalue weighted by atomic mass is 32.2. The lowest BCUT2D eigenvalue weighted by molar-refractivity contribution is -0.119. The average molecular weight is 416 g/mol. The summed E-state index contributed by atoms with van der Waals surface area (Å²) in [5.41, 5.74) is 2.93. The quantitative estimate of drug-likeness (QED) is 0.646. The number of amides is 2. The van der Waals surface area contributed by atoms with Gasteiger partial charge in [-0.05, 0) is 50.8 Å². The number of hydrogen-bond donors (Lipinski definition) is 2. The van der Waals surface area contributed by atoms with Crippen molar-refractivity contribution < 1.29 is 9.59 Å². The molecular weight excluding hydrogens is 386 g/mol. The number of carbonyl (C=O) groups excluding carboxylic acids is 2. The molecule has 2 N–H and O–H groups in total. The monoisotopic (exact) mass is 415 g/mol. The summed E-state index contributed by atoms with van der Waals surface area (Å²) in [6.07, 6.45) is 4.66. The number of hydrogen-bond acceptors (Lipinski definition) is 5. The topological polar surface area (TPSA) is 88.9 Å². The van der Waals surface area contributed by atoms with E-state index in [0.29, 0.717) is 29.3 Å². The molecule has 8 heteroatoms. The van der Waals surface area contributed by atoms with Crippen LogP contribution in [0, 0.1) is 13.8 Å². The number of benzene rings is 1. The van der Waals surface area contributed by atoms with E-state index >= 15 is 0 Å². The zero-order chi connectivity index (χ0) is 20.8. The summed E-state index contributed by atoms with van der Waals surface area (Å²) < 4.78 is 1.90. The van der Waals surface area contributed by atoms with E-state index in [1.165, 1.54) is 24.6 Å². The van der Waals surface area contributed by atoms with Gasteiger partial charge in [0, 0.05) is 18.3 Å². The first-order valence-electron chi connectivity index (χ1n) is 10.2. The first-order valence-corrected chi connectivity index (χ1v) is 11.2. The Bertz CT molecular complexity index is 874. The van der Waals surface area contributed by atoms with E-state index in [1.807, 2.05) is 43.5 Å². The van der Waals surface area contributed by atoms with Gasteiger partial charge in [-0.2, -0.15) is 0 Å². The molecule has 29 heavy (non-hydrogen) atoms. The van der Waals surface area contributed by atoms with Crippen LogP contribution in [0.3, 0.4) is 0 Å². The number of aromatic nitrogens is 3. The molecule has 0 aliphatic heterocycles. The maximum Gasteiger partial charge on any atom is 0.232 e. The van der Waals surface area contributed by atoms with Crippen LogP contribution in [0.15, 0.2) is 23.4 Å². The van der Waals surface area contributed by atoms with Crippen LogP contribution in [-0.2, 0) is 22.6 Å². The van der Waals surface area contributed by atoms with Gasteiger partial charge in [0.1, 0.15) is 5.82 Å². The Kier molecular flexibility index (Phi) is 7.30. The molecule has 1 fully saturated rings. The van der Waals surface area contributed by atoms with Gasteiger partial charge >= 0.3 is 0 Å². The summed E-state index contributed by atoms with van der Waals surface area (Å²) in [7, 11) is 0. The summed E-state index contributed by atoms with van der Waals surface area (Å²) in [5.74, 6) is 0.815. The molecule has 1 aromatic heterocycles. The maximum atomic E-state index is 12.5. The Morgan fingerprint density at radius 2 is 1.93 bits per heavy atom. The Morgan fingerprint density at radius 1 is 1.17 bits per heavy atom. The Hall–Kier alpha value is -2.35. The number of nitrogens with zero attached hydrogens (tertiary/aromatic N) is 3. The molecule has 0 spiro atoms. The van der Waals surface area contributed by atoms with Crippen molar-refractivity contribution in [3.63, 3.8) is 0 Å². The molecule has 0 atom stereocenters. The second kappa shape index (κ2) is 9.91. The van der Waals surface area contributed by atoms with Crippen molar-refractivity contribution in [1.82, 2.24) is 20.1 Å². The predicted molar refractivity (Wildman–Crippen MR) is 115 cm³/mol. The third-order valence-electron chi connectivity index (χ3n) is 5.15. The molecule has 2 amide bonds. The Labute approximate surface area is 176 Å². The van der Waals surface area contributed by atoms with Gasteiger partial charge in [-0.1, -0.05) is 36.7 Å². The lowest BCUT2D eigenvalue weighted by Crippen LogP contribution is -2.33. The molecule has 0 bridgehead atoms. The number of nitrogens with one attached hydrogen (secondary N) is 2. The molecule has 1 aliphatic rings. The van der Waals surface area contributed by atoms with E-state index in [-0.39, 0.29) is 18.2 Å². The van der Waals surface area contributed by atoms with Crippen LogP contribution in [0.1, 0.15) is 49.6 Å². The predicted octanol–water partition coefficient (Wildman–Crippen LogP) is 3.25. The molecule has 1 aliphatic carbocycles. The second-order valence-corrected chi connectivity index (χ2v) is 8.47. The van der Waals surface area contributed by atoms with Gasteiger partial charge in [0.15, 0.2) is 5.16 Å². The molecule has 1 aromatic carbocycles. The van der Waals surface area contributed by atoms with Crippen LogP contribution >= 0.6 is 11.8 Å². The van der Waals surface area contributed by atoms with Crippen LogP contribution < -0.4 is 10.6 Å². The van der Waals surface area contributed by atoms with E-state index < -0.39 is 0 Å². The van der Waals surface area contributed by atoms with Gasteiger partial charge < -0.3 is 15.2 Å².